The molecule has 1 aromatic carbocycles. The van der Waals surface area contributed by atoms with Gasteiger partial charge < -0.3 is 15.7 Å². The molecular formula is C14H13Cl2N3O2. The van der Waals surface area contributed by atoms with Crippen LogP contribution in [0.4, 0.5) is 10.5 Å². The van der Waals surface area contributed by atoms with E-state index in [1.54, 1.807) is 6.20 Å². The summed E-state index contributed by atoms with van der Waals surface area (Å²) in [5.74, 6) is -0.209. The number of nitrogens with zero attached hydrogens (tertiary/aromatic N) is 1. The first-order valence-corrected chi connectivity index (χ1v) is 6.94. The molecule has 0 saturated heterocycles. The lowest BCUT2D eigenvalue weighted by Gasteiger charge is -2.09. The van der Waals surface area contributed by atoms with Crippen LogP contribution in [0.25, 0.3) is 0 Å². The molecule has 2 amide bonds. The van der Waals surface area contributed by atoms with E-state index in [1.807, 2.05) is 18.2 Å². The molecule has 0 unspecified atom stereocenters. The van der Waals surface area contributed by atoms with Crippen molar-refractivity contribution in [2.45, 2.75) is 6.42 Å². The Morgan fingerprint density at radius 1 is 1.24 bits per heavy atom. The van der Waals surface area contributed by atoms with Crippen LogP contribution in [0.1, 0.15) is 5.69 Å². The van der Waals surface area contributed by atoms with Crippen LogP contribution < -0.4 is 10.6 Å². The number of hydrogen-bond donors (Lipinski definition) is 3. The fourth-order valence-electron chi connectivity index (χ4n) is 1.66. The summed E-state index contributed by atoms with van der Waals surface area (Å²) in [5, 5.41) is 14.9. The topological polar surface area (TPSA) is 74.2 Å². The molecule has 5 nitrogen and oxygen atoms in total. The van der Waals surface area contributed by atoms with E-state index >= 15 is 0 Å². The molecule has 1 aromatic heterocycles. The van der Waals surface area contributed by atoms with Crippen molar-refractivity contribution < 1.29 is 9.90 Å². The molecule has 3 N–H and O–H groups in total. The molecule has 0 aliphatic carbocycles. The van der Waals surface area contributed by atoms with Crippen molar-refractivity contribution >= 4 is 34.9 Å². The van der Waals surface area contributed by atoms with E-state index in [2.05, 4.69) is 15.6 Å². The second-order valence-corrected chi connectivity index (χ2v) is 5.05. The Morgan fingerprint density at radius 2 is 1.95 bits per heavy atom. The zero-order valence-electron chi connectivity index (χ0n) is 10.9. The number of carbonyl (C=O) groups excluding carboxylic acids is 1. The van der Waals surface area contributed by atoms with Crippen molar-refractivity contribution in [3.63, 3.8) is 0 Å². The highest BCUT2D eigenvalue weighted by Gasteiger charge is 2.08. The lowest BCUT2D eigenvalue weighted by atomic mass is 10.3. The highest BCUT2D eigenvalue weighted by atomic mass is 35.5. The Hall–Kier alpha value is -1.98. The molecule has 110 valence electrons. The Bertz CT molecular complexity index is 612. The van der Waals surface area contributed by atoms with Gasteiger partial charge in [-0.15, -0.1) is 0 Å². The molecule has 2 rings (SSSR count). The summed E-state index contributed by atoms with van der Waals surface area (Å²) < 4.78 is 0. The zero-order valence-corrected chi connectivity index (χ0v) is 12.4. The van der Waals surface area contributed by atoms with E-state index in [4.69, 9.17) is 23.2 Å². The highest BCUT2D eigenvalue weighted by molar-refractivity contribution is 6.37. The maximum absolute atomic E-state index is 11.7. The number of anilines is 1. The summed E-state index contributed by atoms with van der Waals surface area (Å²) in [4.78, 5) is 15.9. The van der Waals surface area contributed by atoms with E-state index in [1.165, 1.54) is 12.1 Å². The Kier molecular flexibility index (Phi) is 5.25. The van der Waals surface area contributed by atoms with Crippen molar-refractivity contribution in [3.8, 4) is 5.75 Å². The number of phenolic OH excluding ortho intramolecular Hbond substituents is 1. The van der Waals surface area contributed by atoms with Gasteiger partial charge in [-0.3, -0.25) is 4.98 Å². The van der Waals surface area contributed by atoms with E-state index < -0.39 is 0 Å². The minimum Gasteiger partial charge on any atom is -0.505 e. The highest BCUT2D eigenvalue weighted by Crippen LogP contribution is 2.34. The van der Waals surface area contributed by atoms with Crippen LogP contribution in [-0.4, -0.2) is 22.7 Å². The summed E-state index contributed by atoms with van der Waals surface area (Å²) in [6, 6.07) is 8.07. The molecule has 0 aliphatic heterocycles. The van der Waals surface area contributed by atoms with Crippen LogP contribution in [0.3, 0.4) is 0 Å². The second kappa shape index (κ2) is 7.15. The summed E-state index contributed by atoms with van der Waals surface area (Å²) in [6.07, 6.45) is 2.33. The smallest absolute Gasteiger partial charge is 0.319 e. The van der Waals surface area contributed by atoms with Crippen molar-refractivity contribution in [1.82, 2.24) is 10.3 Å². The van der Waals surface area contributed by atoms with Gasteiger partial charge >= 0.3 is 6.03 Å². The molecule has 0 atom stereocenters. The molecule has 21 heavy (non-hydrogen) atoms. The largest absolute Gasteiger partial charge is 0.505 e. The van der Waals surface area contributed by atoms with Crippen LogP contribution in [0.5, 0.6) is 5.75 Å². The second-order valence-electron chi connectivity index (χ2n) is 4.24. The van der Waals surface area contributed by atoms with Gasteiger partial charge in [0.15, 0.2) is 5.75 Å². The Morgan fingerprint density at radius 3 is 2.57 bits per heavy atom. The number of amides is 2. The third kappa shape index (κ3) is 4.51. The van der Waals surface area contributed by atoms with E-state index in [0.717, 1.165) is 5.69 Å². The lowest BCUT2D eigenvalue weighted by Crippen LogP contribution is -2.30. The van der Waals surface area contributed by atoms with Gasteiger partial charge in [0.2, 0.25) is 0 Å². The van der Waals surface area contributed by atoms with Crippen LogP contribution in [0, 0.1) is 0 Å². The SMILES string of the molecule is O=C(NCCc1ccccn1)Nc1cc(Cl)c(O)c(Cl)c1. The van der Waals surface area contributed by atoms with Gasteiger partial charge in [-0.2, -0.15) is 0 Å². The minimum atomic E-state index is -0.385. The first kappa shape index (κ1) is 15.4. The lowest BCUT2D eigenvalue weighted by molar-refractivity contribution is 0.252. The first-order valence-electron chi connectivity index (χ1n) is 6.19. The van der Waals surface area contributed by atoms with E-state index in [9.17, 15) is 9.90 Å². The van der Waals surface area contributed by atoms with Crippen LogP contribution in [-0.2, 0) is 6.42 Å². The summed E-state index contributed by atoms with van der Waals surface area (Å²) in [5.41, 5.74) is 1.30. The molecule has 7 heteroatoms. The van der Waals surface area contributed by atoms with Gasteiger partial charge in [0.1, 0.15) is 0 Å². The summed E-state index contributed by atoms with van der Waals surface area (Å²) in [6.45, 7) is 0.447. The summed E-state index contributed by atoms with van der Waals surface area (Å²) >= 11 is 11.5. The molecule has 0 saturated carbocycles. The average molecular weight is 326 g/mol. The van der Waals surface area contributed by atoms with Gasteiger partial charge in [0.25, 0.3) is 0 Å². The fraction of sp³-hybridized carbons (Fsp3) is 0.143. The Labute approximate surface area is 131 Å². The van der Waals surface area contributed by atoms with Crippen molar-refractivity contribution in [1.29, 1.82) is 0 Å². The van der Waals surface area contributed by atoms with Gasteiger partial charge in [-0.05, 0) is 24.3 Å². The number of nitrogens with one attached hydrogen (secondary N) is 2. The van der Waals surface area contributed by atoms with Crippen LogP contribution in [0.2, 0.25) is 10.0 Å². The number of benzene rings is 1. The standard InChI is InChI=1S/C14H13Cl2N3O2/c15-11-7-10(8-12(16)13(11)20)19-14(21)18-6-4-9-3-1-2-5-17-9/h1-3,5,7-8,20H,4,6H2,(H2,18,19,21). The molecular weight excluding hydrogens is 313 g/mol. The number of pyridine rings is 1. The van der Waals surface area contributed by atoms with Crippen molar-refractivity contribution in [3.05, 3.63) is 52.3 Å². The number of urea groups is 1. The number of rotatable bonds is 4. The van der Waals surface area contributed by atoms with Crippen LogP contribution in [0.15, 0.2) is 36.5 Å². The van der Waals surface area contributed by atoms with Crippen LogP contribution >= 0.6 is 23.2 Å². The van der Waals surface area contributed by atoms with Gasteiger partial charge in [-0.25, -0.2) is 4.79 Å². The number of aromatic hydroxyl groups is 1. The monoisotopic (exact) mass is 325 g/mol. The number of hydrogen-bond acceptors (Lipinski definition) is 3. The van der Waals surface area contributed by atoms with Gasteiger partial charge in [0.05, 0.1) is 10.0 Å². The maximum Gasteiger partial charge on any atom is 0.319 e. The first-order chi connectivity index (χ1) is 10.1. The fourth-order valence-corrected chi connectivity index (χ4v) is 2.15. The van der Waals surface area contributed by atoms with Crippen molar-refractivity contribution in [2.24, 2.45) is 0 Å². The maximum atomic E-state index is 11.7. The van der Waals surface area contributed by atoms with Crippen molar-refractivity contribution in [2.75, 3.05) is 11.9 Å². The molecule has 2 aromatic rings. The number of carbonyl (C=O) groups is 1. The average Bonchev–Trinajstić information content (AvgIpc) is 2.46. The summed E-state index contributed by atoms with van der Waals surface area (Å²) in [7, 11) is 0. The molecule has 0 fully saturated rings. The van der Waals surface area contributed by atoms with Gasteiger partial charge in [0, 0.05) is 30.5 Å². The number of phenols is 1. The van der Waals surface area contributed by atoms with E-state index in [0.29, 0.717) is 18.7 Å². The Balaban J connectivity index is 1.85. The molecule has 0 radical (unpaired) electrons. The van der Waals surface area contributed by atoms with Gasteiger partial charge in [-0.1, -0.05) is 29.3 Å². The number of halogens is 2. The normalized spacial score (nSPS) is 10.2. The molecule has 0 aliphatic rings. The molecule has 0 bridgehead atoms. The predicted molar refractivity (Wildman–Crippen MR) is 83.1 cm³/mol. The molecule has 1 heterocycles. The molecule has 0 spiro atoms. The number of aromatic nitrogens is 1. The minimum absolute atomic E-state index is 0.0753. The quantitative estimate of drug-likeness (QED) is 0.753. The predicted octanol–water partition coefficient (Wildman–Crippen LogP) is 3.46. The van der Waals surface area contributed by atoms with E-state index in [-0.39, 0.29) is 21.8 Å². The zero-order chi connectivity index (χ0) is 15.2. The third-order valence-electron chi connectivity index (χ3n) is 2.67. The third-order valence-corrected chi connectivity index (χ3v) is 3.24.